The molecule has 25 heavy (non-hydrogen) atoms. The number of nitrogens with zero attached hydrogens (tertiary/aromatic N) is 2. The van der Waals surface area contributed by atoms with E-state index < -0.39 is 0 Å². The molecule has 0 spiro atoms. The minimum atomic E-state index is -0.328. The summed E-state index contributed by atoms with van der Waals surface area (Å²) in [5, 5.41) is 0. The number of carbonyl (C=O) groups is 1. The lowest BCUT2D eigenvalue weighted by molar-refractivity contribution is -0.131. The second-order valence-electron chi connectivity index (χ2n) is 5.86. The molecule has 4 heteroatoms. The fourth-order valence-corrected chi connectivity index (χ4v) is 2.62. The number of rotatable bonds is 5. The number of aryl methyl sites for hydroxylation is 1. The minimum Gasteiger partial charge on any atom is -0.427 e. The van der Waals surface area contributed by atoms with Crippen LogP contribution in [-0.2, 0) is 11.2 Å². The first-order chi connectivity index (χ1) is 12.2. The van der Waals surface area contributed by atoms with Crippen molar-refractivity contribution < 1.29 is 9.53 Å². The Labute approximate surface area is 147 Å². The van der Waals surface area contributed by atoms with Gasteiger partial charge in [-0.2, -0.15) is 0 Å². The Morgan fingerprint density at radius 3 is 2.04 bits per heavy atom. The fraction of sp³-hybridized carbons (Fsp3) is 0.190. The van der Waals surface area contributed by atoms with E-state index in [0.717, 1.165) is 29.5 Å². The standard InChI is InChI=1S/C21H20N2O2/c1-3-4-16-5-7-18(8-6-16)21-22-13-19(14-23-21)17-9-11-20(12-10-17)25-15(2)24/h5-14H,3-4H2,1-2H3. The summed E-state index contributed by atoms with van der Waals surface area (Å²) >= 11 is 0. The monoisotopic (exact) mass is 332 g/mol. The lowest BCUT2D eigenvalue weighted by Gasteiger charge is -2.06. The van der Waals surface area contributed by atoms with Crippen LogP contribution in [0.2, 0.25) is 0 Å². The third kappa shape index (κ3) is 4.29. The summed E-state index contributed by atoms with van der Waals surface area (Å²) in [6.45, 7) is 3.56. The zero-order valence-electron chi connectivity index (χ0n) is 14.4. The van der Waals surface area contributed by atoms with Gasteiger partial charge < -0.3 is 4.74 Å². The van der Waals surface area contributed by atoms with Gasteiger partial charge in [-0.3, -0.25) is 4.79 Å². The van der Waals surface area contributed by atoms with Crippen molar-refractivity contribution in [3.05, 3.63) is 66.5 Å². The summed E-state index contributed by atoms with van der Waals surface area (Å²) in [5.41, 5.74) is 4.23. The lowest BCUT2D eigenvalue weighted by atomic mass is 10.1. The molecule has 0 fully saturated rings. The van der Waals surface area contributed by atoms with Gasteiger partial charge in [0.25, 0.3) is 0 Å². The minimum absolute atomic E-state index is 0.328. The van der Waals surface area contributed by atoms with E-state index in [4.69, 9.17) is 4.74 Å². The van der Waals surface area contributed by atoms with Gasteiger partial charge in [-0.1, -0.05) is 49.7 Å². The first-order valence-corrected chi connectivity index (χ1v) is 8.36. The summed E-state index contributed by atoms with van der Waals surface area (Å²) in [6.07, 6.45) is 5.84. The number of carbonyl (C=O) groups excluding carboxylic acids is 1. The van der Waals surface area contributed by atoms with Crippen molar-refractivity contribution in [3.8, 4) is 28.3 Å². The molecule has 0 saturated carbocycles. The summed E-state index contributed by atoms with van der Waals surface area (Å²) in [5.74, 6) is 0.912. The molecule has 0 amide bonds. The van der Waals surface area contributed by atoms with Crippen LogP contribution in [0.3, 0.4) is 0 Å². The SMILES string of the molecule is CCCc1ccc(-c2ncc(-c3ccc(OC(C)=O)cc3)cn2)cc1. The molecule has 0 radical (unpaired) electrons. The number of esters is 1. The van der Waals surface area contributed by atoms with Crippen LogP contribution < -0.4 is 4.74 Å². The van der Waals surface area contributed by atoms with Crippen molar-refractivity contribution in [2.24, 2.45) is 0 Å². The third-order valence-electron chi connectivity index (χ3n) is 3.85. The Morgan fingerprint density at radius 1 is 0.880 bits per heavy atom. The van der Waals surface area contributed by atoms with E-state index in [2.05, 4.69) is 41.2 Å². The van der Waals surface area contributed by atoms with Gasteiger partial charge in [0.15, 0.2) is 5.82 Å². The zero-order chi connectivity index (χ0) is 17.6. The Hall–Kier alpha value is -3.01. The Kier molecular flexibility index (Phi) is 5.19. The predicted octanol–water partition coefficient (Wildman–Crippen LogP) is 4.69. The van der Waals surface area contributed by atoms with E-state index in [9.17, 15) is 4.79 Å². The van der Waals surface area contributed by atoms with Gasteiger partial charge in [0.1, 0.15) is 5.75 Å². The molecule has 0 unspecified atom stereocenters. The average molecular weight is 332 g/mol. The van der Waals surface area contributed by atoms with Gasteiger partial charge in [-0.05, 0) is 29.7 Å². The van der Waals surface area contributed by atoms with Crippen LogP contribution in [0, 0.1) is 0 Å². The second kappa shape index (κ2) is 7.71. The molecule has 126 valence electrons. The second-order valence-corrected chi connectivity index (χ2v) is 5.86. The zero-order valence-corrected chi connectivity index (χ0v) is 14.4. The van der Waals surface area contributed by atoms with Crippen LogP contribution in [0.25, 0.3) is 22.5 Å². The maximum Gasteiger partial charge on any atom is 0.308 e. The first kappa shape index (κ1) is 16.8. The van der Waals surface area contributed by atoms with E-state index in [1.165, 1.54) is 12.5 Å². The van der Waals surface area contributed by atoms with Crippen molar-refractivity contribution in [1.82, 2.24) is 9.97 Å². The lowest BCUT2D eigenvalue weighted by Crippen LogP contribution is -2.00. The van der Waals surface area contributed by atoms with Crippen molar-refractivity contribution in [2.45, 2.75) is 26.7 Å². The molecule has 3 aromatic rings. The van der Waals surface area contributed by atoms with E-state index in [0.29, 0.717) is 11.6 Å². The van der Waals surface area contributed by atoms with Gasteiger partial charge in [0, 0.05) is 30.4 Å². The van der Waals surface area contributed by atoms with E-state index in [1.54, 1.807) is 12.1 Å². The third-order valence-corrected chi connectivity index (χ3v) is 3.85. The molecule has 1 heterocycles. The van der Waals surface area contributed by atoms with Crippen molar-refractivity contribution in [2.75, 3.05) is 0 Å². The van der Waals surface area contributed by atoms with Crippen LogP contribution in [0.4, 0.5) is 0 Å². The van der Waals surface area contributed by atoms with Crippen molar-refractivity contribution in [3.63, 3.8) is 0 Å². The molecule has 0 aliphatic rings. The highest BCUT2D eigenvalue weighted by molar-refractivity contribution is 5.70. The summed E-state index contributed by atoms with van der Waals surface area (Å²) in [6, 6.07) is 15.7. The molecule has 4 nitrogen and oxygen atoms in total. The molecular formula is C21H20N2O2. The van der Waals surface area contributed by atoms with Crippen LogP contribution in [0.5, 0.6) is 5.75 Å². The summed E-state index contributed by atoms with van der Waals surface area (Å²) in [4.78, 5) is 19.9. The van der Waals surface area contributed by atoms with E-state index >= 15 is 0 Å². The molecule has 2 aromatic carbocycles. The van der Waals surface area contributed by atoms with Crippen molar-refractivity contribution in [1.29, 1.82) is 0 Å². The fourth-order valence-electron chi connectivity index (χ4n) is 2.62. The predicted molar refractivity (Wildman–Crippen MR) is 98.2 cm³/mol. The highest BCUT2D eigenvalue weighted by Gasteiger charge is 2.05. The number of hydrogen-bond donors (Lipinski definition) is 0. The Balaban J connectivity index is 1.76. The molecule has 0 atom stereocenters. The van der Waals surface area contributed by atoms with E-state index in [-0.39, 0.29) is 5.97 Å². The highest BCUT2D eigenvalue weighted by Crippen LogP contribution is 2.23. The number of aromatic nitrogens is 2. The van der Waals surface area contributed by atoms with Crippen molar-refractivity contribution >= 4 is 5.97 Å². The smallest absolute Gasteiger partial charge is 0.308 e. The van der Waals surface area contributed by atoms with Crippen LogP contribution in [0.1, 0.15) is 25.8 Å². The average Bonchev–Trinajstić information content (AvgIpc) is 2.63. The molecule has 3 rings (SSSR count). The van der Waals surface area contributed by atoms with Crippen LogP contribution >= 0.6 is 0 Å². The molecule has 0 bridgehead atoms. The highest BCUT2D eigenvalue weighted by atomic mass is 16.5. The molecule has 0 aliphatic heterocycles. The summed E-state index contributed by atoms with van der Waals surface area (Å²) in [7, 11) is 0. The number of benzene rings is 2. The topological polar surface area (TPSA) is 52.1 Å². The van der Waals surface area contributed by atoms with Gasteiger partial charge in [0.05, 0.1) is 0 Å². The normalized spacial score (nSPS) is 10.5. The van der Waals surface area contributed by atoms with Crippen LogP contribution in [-0.4, -0.2) is 15.9 Å². The Bertz CT molecular complexity index is 839. The largest absolute Gasteiger partial charge is 0.427 e. The number of ether oxygens (including phenoxy) is 1. The molecule has 0 aliphatic carbocycles. The molecule has 0 N–H and O–H groups in total. The maximum absolute atomic E-state index is 11.0. The van der Waals surface area contributed by atoms with E-state index in [1.807, 2.05) is 24.5 Å². The van der Waals surface area contributed by atoms with Gasteiger partial charge in [-0.25, -0.2) is 9.97 Å². The first-order valence-electron chi connectivity index (χ1n) is 8.36. The quantitative estimate of drug-likeness (QED) is 0.502. The molecule has 0 saturated heterocycles. The van der Waals surface area contributed by atoms with Gasteiger partial charge in [-0.15, -0.1) is 0 Å². The molecule has 1 aromatic heterocycles. The summed E-state index contributed by atoms with van der Waals surface area (Å²) < 4.78 is 5.04. The Morgan fingerprint density at radius 2 is 1.48 bits per heavy atom. The molecular weight excluding hydrogens is 312 g/mol. The maximum atomic E-state index is 11.0. The van der Waals surface area contributed by atoms with Gasteiger partial charge in [0.2, 0.25) is 0 Å². The van der Waals surface area contributed by atoms with Crippen LogP contribution in [0.15, 0.2) is 60.9 Å². The number of hydrogen-bond acceptors (Lipinski definition) is 4. The van der Waals surface area contributed by atoms with Gasteiger partial charge >= 0.3 is 5.97 Å².